The van der Waals surface area contributed by atoms with Gasteiger partial charge in [0.25, 0.3) is 5.56 Å². The number of likely N-dealkylation sites (tertiary alicyclic amines) is 1. The second-order valence-corrected chi connectivity index (χ2v) is 8.63. The van der Waals surface area contributed by atoms with Gasteiger partial charge in [-0.1, -0.05) is 6.42 Å². The third-order valence-electron chi connectivity index (χ3n) is 5.51. The third kappa shape index (κ3) is 3.76. The molecule has 0 aliphatic carbocycles. The Morgan fingerprint density at radius 3 is 2.59 bits per heavy atom. The summed E-state index contributed by atoms with van der Waals surface area (Å²) in [5.41, 5.74) is 1.02. The van der Waals surface area contributed by atoms with Gasteiger partial charge in [-0.3, -0.25) is 9.69 Å². The predicted molar refractivity (Wildman–Crippen MR) is 111 cm³/mol. The summed E-state index contributed by atoms with van der Waals surface area (Å²) >= 11 is 0. The van der Waals surface area contributed by atoms with Gasteiger partial charge in [0.05, 0.1) is 18.2 Å². The van der Waals surface area contributed by atoms with Crippen molar-refractivity contribution in [3.63, 3.8) is 0 Å². The number of methoxy groups -OCH3 is 1. The molecule has 154 valence electrons. The van der Waals surface area contributed by atoms with E-state index in [1.54, 1.807) is 7.11 Å². The Hall–Kier alpha value is -2.74. The van der Waals surface area contributed by atoms with E-state index < -0.39 is 0 Å². The molecule has 29 heavy (non-hydrogen) atoms. The van der Waals surface area contributed by atoms with Gasteiger partial charge in [-0.15, -0.1) is 5.10 Å². The minimum Gasteiger partial charge on any atom is -0.497 e. The largest absolute Gasteiger partial charge is 0.497 e. The average Bonchev–Trinajstić information content (AvgIpc) is 3.19. The van der Waals surface area contributed by atoms with Crippen molar-refractivity contribution in [1.82, 2.24) is 30.1 Å². The molecule has 1 aliphatic rings. The van der Waals surface area contributed by atoms with Gasteiger partial charge >= 0.3 is 0 Å². The average molecular weight is 396 g/mol. The molecule has 8 nitrogen and oxygen atoms in total. The minimum absolute atomic E-state index is 0.121. The van der Waals surface area contributed by atoms with Gasteiger partial charge in [0, 0.05) is 11.6 Å². The lowest BCUT2D eigenvalue weighted by molar-refractivity contribution is 0.170. The van der Waals surface area contributed by atoms with Crippen molar-refractivity contribution in [3.05, 3.63) is 46.0 Å². The number of nitrogens with zero attached hydrogens (tertiary/aromatic N) is 5. The van der Waals surface area contributed by atoms with E-state index in [0.29, 0.717) is 17.1 Å². The number of benzene rings is 1. The van der Waals surface area contributed by atoms with Crippen molar-refractivity contribution in [3.8, 4) is 5.75 Å². The van der Waals surface area contributed by atoms with Crippen LogP contribution in [0.25, 0.3) is 10.9 Å². The van der Waals surface area contributed by atoms with Crippen molar-refractivity contribution < 1.29 is 4.74 Å². The monoisotopic (exact) mass is 396 g/mol. The minimum atomic E-state index is -0.292. The zero-order valence-corrected chi connectivity index (χ0v) is 17.5. The van der Waals surface area contributed by atoms with Crippen LogP contribution in [0, 0.1) is 0 Å². The van der Waals surface area contributed by atoms with Crippen LogP contribution in [-0.2, 0) is 5.54 Å². The Morgan fingerprint density at radius 1 is 1.14 bits per heavy atom. The molecule has 3 aromatic rings. The molecule has 1 N–H and O–H groups in total. The van der Waals surface area contributed by atoms with Crippen molar-refractivity contribution in [2.45, 2.75) is 51.6 Å². The highest BCUT2D eigenvalue weighted by atomic mass is 16.5. The second kappa shape index (κ2) is 7.59. The van der Waals surface area contributed by atoms with E-state index >= 15 is 0 Å². The van der Waals surface area contributed by atoms with Crippen LogP contribution in [0.15, 0.2) is 29.1 Å². The first-order chi connectivity index (χ1) is 13.9. The fraction of sp³-hybridized carbons (Fsp3) is 0.524. The highest BCUT2D eigenvalue weighted by molar-refractivity contribution is 5.80. The molecule has 1 unspecified atom stereocenters. The Balaban J connectivity index is 1.89. The Morgan fingerprint density at radius 2 is 1.90 bits per heavy atom. The second-order valence-electron chi connectivity index (χ2n) is 8.63. The highest BCUT2D eigenvalue weighted by Gasteiger charge is 2.33. The van der Waals surface area contributed by atoms with Crippen molar-refractivity contribution >= 4 is 10.9 Å². The number of H-pyrrole nitrogens is 1. The lowest BCUT2D eigenvalue weighted by Crippen LogP contribution is -2.40. The van der Waals surface area contributed by atoms with Crippen LogP contribution in [0.4, 0.5) is 0 Å². The van der Waals surface area contributed by atoms with Gasteiger partial charge in [-0.2, -0.15) is 0 Å². The molecular formula is C21H28N6O2. The molecule has 0 saturated carbocycles. The first-order valence-electron chi connectivity index (χ1n) is 10.1. The molecule has 0 amide bonds. The summed E-state index contributed by atoms with van der Waals surface area (Å²) in [5, 5.41) is 13.5. The summed E-state index contributed by atoms with van der Waals surface area (Å²) in [6, 6.07) is 7.39. The first kappa shape index (κ1) is 19.6. The van der Waals surface area contributed by atoms with Crippen LogP contribution < -0.4 is 10.3 Å². The number of rotatable bonds is 4. The van der Waals surface area contributed by atoms with Gasteiger partial charge in [-0.05, 0) is 80.7 Å². The van der Waals surface area contributed by atoms with Gasteiger partial charge < -0.3 is 9.72 Å². The number of ether oxygens (including phenoxy) is 1. The van der Waals surface area contributed by atoms with Crippen molar-refractivity contribution in [2.24, 2.45) is 0 Å². The SMILES string of the molecule is COc1ccc2cc(C(c3nnnn3C(C)(C)C)N3CCCCC3)c(=O)[nH]c2c1. The molecule has 1 aliphatic heterocycles. The summed E-state index contributed by atoms with van der Waals surface area (Å²) in [6.45, 7) is 8.04. The summed E-state index contributed by atoms with van der Waals surface area (Å²) < 4.78 is 7.12. The van der Waals surface area contributed by atoms with E-state index in [9.17, 15) is 4.79 Å². The molecule has 0 spiro atoms. The molecule has 4 rings (SSSR count). The zero-order valence-electron chi connectivity index (χ0n) is 17.5. The number of nitrogens with one attached hydrogen (secondary N) is 1. The van der Waals surface area contributed by atoms with E-state index in [1.165, 1.54) is 6.42 Å². The summed E-state index contributed by atoms with van der Waals surface area (Å²) in [6.07, 6.45) is 3.42. The maximum atomic E-state index is 13.2. The highest BCUT2D eigenvalue weighted by Crippen LogP contribution is 2.31. The number of tetrazole rings is 1. The summed E-state index contributed by atoms with van der Waals surface area (Å²) in [7, 11) is 1.62. The molecule has 1 atom stereocenters. The number of hydrogen-bond acceptors (Lipinski definition) is 6. The van der Waals surface area contributed by atoms with Crippen LogP contribution in [-0.4, -0.2) is 50.3 Å². The Labute approximate surface area is 169 Å². The van der Waals surface area contributed by atoms with E-state index in [0.717, 1.165) is 36.8 Å². The smallest absolute Gasteiger partial charge is 0.253 e. The third-order valence-corrected chi connectivity index (χ3v) is 5.51. The van der Waals surface area contributed by atoms with Crippen LogP contribution in [0.3, 0.4) is 0 Å². The normalized spacial score (nSPS) is 16.8. The number of pyridine rings is 1. The lowest BCUT2D eigenvalue weighted by atomic mass is 9.99. The number of aromatic amines is 1. The quantitative estimate of drug-likeness (QED) is 0.729. The molecule has 1 fully saturated rings. The maximum Gasteiger partial charge on any atom is 0.253 e. The topological polar surface area (TPSA) is 88.9 Å². The number of aromatic nitrogens is 5. The number of fused-ring (bicyclic) bond motifs is 1. The molecule has 0 bridgehead atoms. The summed E-state index contributed by atoms with van der Waals surface area (Å²) in [5.74, 6) is 1.42. The fourth-order valence-corrected chi connectivity index (χ4v) is 4.05. The summed E-state index contributed by atoms with van der Waals surface area (Å²) in [4.78, 5) is 18.5. The molecule has 1 saturated heterocycles. The standard InChI is InChI=1S/C21H28N6O2/c1-21(2,3)27-19(23-24-25-27)18(26-10-6-5-7-11-26)16-12-14-8-9-15(29-4)13-17(14)22-20(16)28/h8-9,12-13,18H,5-7,10-11H2,1-4H3,(H,22,28). The van der Waals surface area contributed by atoms with Crippen LogP contribution in [0.5, 0.6) is 5.75 Å². The predicted octanol–water partition coefficient (Wildman–Crippen LogP) is 2.85. The van der Waals surface area contributed by atoms with Crippen molar-refractivity contribution in [1.29, 1.82) is 0 Å². The molecular weight excluding hydrogens is 368 g/mol. The van der Waals surface area contributed by atoms with E-state index in [2.05, 4.69) is 46.2 Å². The lowest BCUT2D eigenvalue weighted by Gasteiger charge is -2.35. The molecule has 3 heterocycles. The van der Waals surface area contributed by atoms with Crippen LogP contribution >= 0.6 is 0 Å². The van der Waals surface area contributed by atoms with E-state index in [-0.39, 0.29) is 17.1 Å². The van der Waals surface area contributed by atoms with E-state index in [1.807, 2.05) is 28.9 Å². The molecule has 8 heteroatoms. The van der Waals surface area contributed by atoms with Crippen molar-refractivity contribution in [2.75, 3.05) is 20.2 Å². The Bertz CT molecular complexity index is 1060. The van der Waals surface area contributed by atoms with Gasteiger partial charge in [0.15, 0.2) is 5.82 Å². The van der Waals surface area contributed by atoms with E-state index in [4.69, 9.17) is 4.74 Å². The van der Waals surface area contributed by atoms with Gasteiger partial charge in [0.1, 0.15) is 11.8 Å². The maximum absolute atomic E-state index is 13.2. The van der Waals surface area contributed by atoms with Gasteiger partial charge in [0.2, 0.25) is 0 Å². The first-order valence-corrected chi connectivity index (χ1v) is 10.1. The zero-order chi connectivity index (χ0) is 20.6. The Kier molecular flexibility index (Phi) is 5.12. The number of hydrogen-bond donors (Lipinski definition) is 1. The molecule has 2 aromatic heterocycles. The van der Waals surface area contributed by atoms with Crippen LogP contribution in [0.1, 0.15) is 57.5 Å². The van der Waals surface area contributed by atoms with Gasteiger partial charge in [-0.25, -0.2) is 4.68 Å². The fourth-order valence-electron chi connectivity index (χ4n) is 4.05. The number of piperidine rings is 1. The van der Waals surface area contributed by atoms with Crippen LogP contribution in [0.2, 0.25) is 0 Å². The molecule has 1 aromatic carbocycles. The molecule has 0 radical (unpaired) electrons.